The highest BCUT2D eigenvalue weighted by Crippen LogP contribution is 2.32. The van der Waals surface area contributed by atoms with E-state index in [0.29, 0.717) is 17.1 Å². The van der Waals surface area contributed by atoms with Gasteiger partial charge in [-0.3, -0.25) is 4.79 Å². The molecule has 29 heavy (non-hydrogen) atoms. The molecule has 3 rings (SSSR count). The summed E-state index contributed by atoms with van der Waals surface area (Å²) in [5, 5.41) is 4.15. The van der Waals surface area contributed by atoms with Crippen molar-refractivity contribution in [2.24, 2.45) is 5.10 Å². The normalized spacial score (nSPS) is 10.9. The lowest BCUT2D eigenvalue weighted by Gasteiger charge is -2.16. The molecule has 0 heterocycles. The average Bonchev–Trinajstić information content (AvgIpc) is 2.75. The second-order valence-corrected chi connectivity index (χ2v) is 7.07. The van der Waals surface area contributed by atoms with Crippen molar-refractivity contribution in [2.45, 2.75) is 5.92 Å². The standard InChI is InChI=1S/C23H21BrN2O3/c1-28-20-14-21(29-2)19(24)13-18(20)15-25-26-23(27)22(16-9-5-3-6-10-16)17-11-7-4-8-12-17/h3-15,22H,1-2H3,(H,26,27)/b25-15+. The maximum atomic E-state index is 13.0. The van der Waals surface area contributed by atoms with Crippen molar-refractivity contribution in [3.63, 3.8) is 0 Å². The Labute approximate surface area is 178 Å². The number of ether oxygens (including phenoxy) is 2. The highest BCUT2D eigenvalue weighted by atomic mass is 79.9. The average molecular weight is 453 g/mol. The number of benzene rings is 3. The molecule has 0 radical (unpaired) electrons. The maximum Gasteiger partial charge on any atom is 0.252 e. The van der Waals surface area contributed by atoms with Crippen LogP contribution in [0.15, 0.2) is 82.4 Å². The van der Waals surface area contributed by atoms with Gasteiger partial charge in [0.1, 0.15) is 11.5 Å². The minimum absolute atomic E-state index is 0.217. The van der Waals surface area contributed by atoms with Crippen molar-refractivity contribution in [3.8, 4) is 11.5 Å². The minimum atomic E-state index is -0.459. The monoisotopic (exact) mass is 452 g/mol. The van der Waals surface area contributed by atoms with Crippen LogP contribution in [0.3, 0.4) is 0 Å². The van der Waals surface area contributed by atoms with E-state index < -0.39 is 5.92 Å². The van der Waals surface area contributed by atoms with Gasteiger partial charge in [-0.15, -0.1) is 0 Å². The zero-order valence-corrected chi connectivity index (χ0v) is 17.7. The summed E-state index contributed by atoms with van der Waals surface area (Å²) in [4.78, 5) is 13.0. The predicted molar refractivity (Wildman–Crippen MR) is 118 cm³/mol. The van der Waals surface area contributed by atoms with Crippen molar-refractivity contribution < 1.29 is 14.3 Å². The van der Waals surface area contributed by atoms with E-state index in [0.717, 1.165) is 15.6 Å². The molecular formula is C23H21BrN2O3. The first-order chi connectivity index (χ1) is 14.1. The third-order valence-electron chi connectivity index (χ3n) is 4.41. The Hall–Kier alpha value is -3.12. The third kappa shape index (κ3) is 5.03. The fourth-order valence-electron chi connectivity index (χ4n) is 3.00. The zero-order chi connectivity index (χ0) is 20.6. The summed E-state index contributed by atoms with van der Waals surface area (Å²) in [7, 11) is 3.15. The molecule has 0 saturated heterocycles. The lowest BCUT2D eigenvalue weighted by molar-refractivity contribution is -0.121. The van der Waals surface area contributed by atoms with Crippen LogP contribution in [0.1, 0.15) is 22.6 Å². The predicted octanol–water partition coefficient (Wildman–Crippen LogP) is 4.75. The maximum absolute atomic E-state index is 13.0. The number of halogens is 1. The molecule has 0 saturated carbocycles. The number of nitrogens with zero attached hydrogens (tertiary/aromatic N) is 1. The van der Waals surface area contributed by atoms with Gasteiger partial charge < -0.3 is 9.47 Å². The Kier molecular flexibility index (Phi) is 7.03. The van der Waals surface area contributed by atoms with Gasteiger partial charge in [0.2, 0.25) is 0 Å². The molecular weight excluding hydrogens is 432 g/mol. The van der Waals surface area contributed by atoms with Crippen LogP contribution in [-0.4, -0.2) is 26.3 Å². The zero-order valence-electron chi connectivity index (χ0n) is 16.1. The van der Waals surface area contributed by atoms with E-state index in [2.05, 4.69) is 26.5 Å². The van der Waals surface area contributed by atoms with Gasteiger partial charge >= 0.3 is 0 Å². The minimum Gasteiger partial charge on any atom is -0.496 e. The second-order valence-electron chi connectivity index (χ2n) is 6.22. The first-order valence-corrected chi connectivity index (χ1v) is 9.77. The number of hydrazone groups is 1. The van der Waals surface area contributed by atoms with Gasteiger partial charge in [0, 0.05) is 11.6 Å². The third-order valence-corrected chi connectivity index (χ3v) is 5.03. The highest BCUT2D eigenvalue weighted by molar-refractivity contribution is 9.10. The van der Waals surface area contributed by atoms with Crippen molar-refractivity contribution in [2.75, 3.05) is 14.2 Å². The Morgan fingerprint density at radius 1 is 0.931 bits per heavy atom. The summed E-state index contributed by atoms with van der Waals surface area (Å²) in [5.41, 5.74) is 5.16. The Balaban J connectivity index is 1.83. The Bertz CT molecular complexity index is 952. The van der Waals surface area contributed by atoms with Gasteiger partial charge in [0.05, 0.1) is 30.8 Å². The fraction of sp³-hybridized carbons (Fsp3) is 0.130. The van der Waals surface area contributed by atoms with E-state index in [1.165, 1.54) is 0 Å². The first-order valence-electron chi connectivity index (χ1n) is 8.98. The summed E-state index contributed by atoms with van der Waals surface area (Å²) >= 11 is 3.45. The molecule has 0 aliphatic carbocycles. The van der Waals surface area contributed by atoms with Crippen molar-refractivity contribution in [1.82, 2.24) is 5.43 Å². The van der Waals surface area contributed by atoms with Crippen LogP contribution in [-0.2, 0) is 4.79 Å². The summed E-state index contributed by atoms with van der Waals surface area (Å²) in [6.45, 7) is 0. The number of carbonyl (C=O) groups excluding carboxylic acids is 1. The molecule has 3 aromatic rings. The molecule has 6 heteroatoms. The molecule has 0 atom stereocenters. The van der Waals surface area contributed by atoms with E-state index >= 15 is 0 Å². The molecule has 0 fully saturated rings. The van der Waals surface area contributed by atoms with E-state index in [-0.39, 0.29) is 5.91 Å². The molecule has 5 nitrogen and oxygen atoms in total. The van der Waals surface area contributed by atoms with E-state index in [1.54, 1.807) is 26.5 Å². The molecule has 0 aromatic heterocycles. The largest absolute Gasteiger partial charge is 0.496 e. The lowest BCUT2D eigenvalue weighted by atomic mass is 9.91. The van der Waals surface area contributed by atoms with Gasteiger partial charge in [-0.25, -0.2) is 5.43 Å². The molecule has 0 spiro atoms. The van der Waals surface area contributed by atoms with Gasteiger partial charge in [-0.2, -0.15) is 5.10 Å². The molecule has 0 bridgehead atoms. The second kappa shape index (κ2) is 9.89. The molecule has 1 amide bonds. The summed E-state index contributed by atoms with van der Waals surface area (Å²) in [6, 6.07) is 22.8. The molecule has 0 unspecified atom stereocenters. The Morgan fingerprint density at radius 3 is 2.00 bits per heavy atom. The molecule has 1 N–H and O–H groups in total. The van der Waals surface area contributed by atoms with Crippen molar-refractivity contribution in [1.29, 1.82) is 0 Å². The molecule has 0 aliphatic rings. The molecule has 0 aliphatic heterocycles. The summed E-state index contributed by atoms with van der Waals surface area (Å²) in [5.74, 6) is 0.561. The van der Waals surface area contributed by atoms with Crippen molar-refractivity contribution in [3.05, 3.63) is 94.0 Å². The van der Waals surface area contributed by atoms with E-state index in [1.807, 2.05) is 66.7 Å². The lowest BCUT2D eigenvalue weighted by Crippen LogP contribution is -2.26. The Morgan fingerprint density at radius 2 is 1.48 bits per heavy atom. The number of nitrogens with one attached hydrogen (secondary N) is 1. The summed E-state index contributed by atoms with van der Waals surface area (Å²) in [6.07, 6.45) is 1.55. The number of amides is 1. The quantitative estimate of drug-likeness (QED) is 0.415. The van der Waals surface area contributed by atoms with E-state index in [9.17, 15) is 4.79 Å². The molecule has 148 valence electrons. The number of carbonyl (C=O) groups is 1. The topological polar surface area (TPSA) is 59.9 Å². The number of methoxy groups -OCH3 is 2. The SMILES string of the molecule is COc1cc(OC)c(/C=N/NC(=O)C(c2ccccc2)c2ccccc2)cc1Br. The van der Waals surface area contributed by atoms with Crippen LogP contribution in [0.2, 0.25) is 0 Å². The smallest absolute Gasteiger partial charge is 0.252 e. The van der Waals surface area contributed by atoms with Gasteiger partial charge in [-0.1, -0.05) is 60.7 Å². The van der Waals surface area contributed by atoms with Gasteiger partial charge in [0.25, 0.3) is 5.91 Å². The highest BCUT2D eigenvalue weighted by Gasteiger charge is 2.22. The number of rotatable bonds is 7. The van der Waals surface area contributed by atoms with Crippen LogP contribution < -0.4 is 14.9 Å². The van der Waals surface area contributed by atoms with Gasteiger partial charge in [0.15, 0.2) is 0 Å². The van der Waals surface area contributed by atoms with Crippen LogP contribution in [0.5, 0.6) is 11.5 Å². The number of hydrogen-bond donors (Lipinski definition) is 1. The van der Waals surface area contributed by atoms with Gasteiger partial charge in [-0.05, 0) is 33.1 Å². The fourth-order valence-corrected chi connectivity index (χ4v) is 3.52. The molecule has 3 aromatic carbocycles. The van der Waals surface area contributed by atoms with Crippen LogP contribution in [0, 0.1) is 0 Å². The summed E-state index contributed by atoms with van der Waals surface area (Å²) < 4.78 is 11.4. The van der Waals surface area contributed by atoms with Crippen molar-refractivity contribution >= 4 is 28.1 Å². The van der Waals surface area contributed by atoms with Crippen LogP contribution in [0.4, 0.5) is 0 Å². The van der Waals surface area contributed by atoms with E-state index in [4.69, 9.17) is 9.47 Å². The van der Waals surface area contributed by atoms with Crippen LogP contribution >= 0.6 is 15.9 Å². The number of hydrogen-bond acceptors (Lipinski definition) is 4. The van der Waals surface area contributed by atoms with Crippen LogP contribution in [0.25, 0.3) is 0 Å². The first kappa shape index (κ1) is 20.6.